The Balaban J connectivity index is 1.94. The first kappa shape index (κ1) is 14.9. The van der Waals surface area contributed by atoms with Crippen molar-refractivity contribution in [2.24, 2.45) is 5.92 Å². The Hall–Kier alpha value is -0.540. The van der Waals surface area contributed by atoms with Gasteiger partial charge in [-0.15, -0.1) is 11.3 Å². The van der Waals surface area contributed by atoms with E-state index >= 15 is 0 Å². The number of aryl methyl sites for hydroxylation is 1. The Kier molecular flexibility index (Phi) is 4.91. The van der Waals surface area contributed by atoms with Gasteiger partial charge in [0.2, 0.25) is 0 Å². The second-order valence-corrected chi connectivity index (χ2v) is 7.80. The minimum absolute atomic E-state index is 0.0417. The van der Waals surface area contributed by atoms with Gasteiger partial charge in [0, 0.05) is 37.3 Å². The van der Waals surface area contributed by atoms with Crippen LogP contribution in [0.15, 0.2) is 6.20 Å². The lowest BCUT2D eigenvalue weighted by molar-refractivity contribution is 0.164. The number of nitrogens with one attached hydrogen (secondary N) is 1. The highest BCUT2D eigenvalue weighted by molar-refractivity contribution is 7.87. The van der Waals surface area contributed by atoms with Crippen molar-refractivity contribution in [3.05, 3.63) is 16.1 Å². The van der Waals surface area contributed by atoms with Gasteiger partial charge in [0.15, 0.2) is 0 Å². The van der Waals surface area contributed by atoms with Gasteiger partial charge in [0.1, 0.15) is 0 Å². The number of piperidine rings is 1. The van der Waals surface area contributed by atoms with Crippen LogP contribution in [0.3, 0.4) is 0 Å². The number of aliphatic hydroxyl groups excluding tert-OH is 1. The van der Waals surface area contributed by atoms with Gasteiger partial charge in [-0.3, -0.25) is 0 Å². The van der Waals surface area contributed by atoms with Gasteiger partial charge in [-0.2, -0.15) is 17.4 Å². The van der Waals surface area contributed by atoms with Crippen molar-refractivity contribution >= 4 is 21.5 Å². The van der Waals surface area contributed by atoms with E-state index in [0.717, 1.165) is 22.7 Å². The summed E-state index contributed by atoms with van der Waals surface area (Å²) in [7, 11) is -3.46. The van der Waals surface area contributed by atoms with Crippen LogP contribution in [-0.2, 0) is 16.8 Å². The highest BCUT2D eigenvalue weighted by Crippen LogP contribution is 2.18. The molecule has 6 nitrogen and oxygen atoms in total. The van der Waals surface area contributed by atoms with Crippen LogP contribution in [0.5, 0.6) is 0 Å². The van der Waals surface area contributed by atoms with E-state index in [4.69, 9.17) is 5.11 Å². The number of aromatic nitrogens is 1. The monoisotopic (exact) mass is 305 g/mol. The molecule has 0 radical (unpaired) electrons. The van der Waals surface area contributed by atoms with Gasteiger partial charge in [-0.25, -0.2) is 4.98 Å². The van der Waals surface area contributed by atoms with E-state index in [1.165, 1.54) is 15.6 Å². The molecule has 1 unspecified atom stereocenters. The molecule has 0 amide bonds. The van der Waals surface area contributed by atoms with Gasteiger partial charge < -0.3 is 5.11 Å². The fourth-order valence-corrected chi connectivity index (χ4v) is 4.26. The molecule has 0 bridgehead atoms. The van der Waals surface area contributed by atoms with Crippen molar-refractivity contribution < 1.29 is 13.5 Å². The molecule has 0 aliphatic carbocycles. The van der Waals surface area contributed by atoms with Crippen LogP contribution in [0.4, 0.5) is 0 Å². The molecular formula is C11H19N3O3S2. The third-order valence-corrected chi connectivity index (χ3v) is 5.61. The van der Waals surface area contributed by atoms with Crippen LogP contribution in [0.2, 0.25) is 0 Å². The van der Waals surface area contributed by atoms with Crippen LogP contribution in [0.25, 0.3) is 0 Å². The standard InChI is InChI=1S/C11H19N3O3S2/c1-9-12-5-11(18-9)6-13-19(16,17)14-4-2-3-10(7-14)8-15/h5,10,13,15H,2-4,6-8H2,1H3. The fraction of sp³-hybridized carbons (Fsp3) is 0.727. The average molecular weight is 305 g/mol. The molecule has 1 atom stereocenters. The summed E-state index contributed by atoms with van der Waals surface area (Å²) < 4.78 is 28.3. The summed E-state index contributed by atoms with van der Waals surface area (Å²) >= 11 is 1.48. The van der Waals surface area contributed by atoms with Crippen LogP contribution < -0.4 is 4.72 Å². The molecule has 1 aromatic heterocycles. The lowest BCUT2D eigenvalue weighted by Crippen LogP contribution is -2.46. The number of hydrogen-bond acceptors (Lipinski definition) is 5. The van der Waals surface area contributed by atoms with Crippen LogP contribution in [-0.4, -0.2) is 42.5 Å². The minimum atomic E-state index is -3.46. The summed E-state index contributed by atoms with van der Waals surface area (Å²) in [5, 5.41) is 10.1. The fourth-order valence-electron chi connectivity index (χ4n) is 2.13. The molecule has 108 valence electrons. The maximum atomic E-state index is 12.1. The van der Waals surface area contributed by atoms with Gasteiger partial charge in [-0.05, 0) is 25.7 Å². The minimum Gasteiger partial charge on any atom is -0.396 e. The molecular weight excluding hydrogens is 286 g/mol. The molecule has 19 heavy (non-hydrogen) atoms. The Labute approximate surface area is 117 Å². The molecule has 1 aliphatic heterocycles. The first-order chi connectivity index (χ1) is 9.01. The van der Waals surface area contributed by atoms with E-state index in [9.17, 15) is 8.42 Å². The zero-order chi connectivity index (χ0) is 13.9. The summed E-state index contributed by atoms with van der Waals surface area (Å²) in [6, 6.07) is 0. The van der Waals surface area contributed by atoms with Gasteiger partial charge >= 0.3 is 0 Å². The molecule has 0 spiro atoms. The van der Waals surface area contributed by atoms with E-state index in [1.54, 1.807) is 6.20 Å². The second kappa shape index (κ2) is 6.27. The van der Waals surface area contributed by atoms with Crippen molar-refractivity contribution in [3.63, 3.8) is 0 Å². The lowest BCUT2D eigenvalue weighted by atomic mass is 10.0. The number of thiazole rings is 1. The predicted molar refractivity (Wildman–Crippen MR) is 74.0 cm³/mol. The quantitative estimate of drug-likeness (QED) is 0.829. The van der Waals surface area contributed by atoms with Crippen molar-refractivity contribution in [2.45, 2.75) is 26.3 Å². The molecule has 1 aliphatic rings. The van der Waals surface area contributed by atoms with Gasteiger partial charge in [-0.1, -0.05) is 0 Å². The maximum absolute atomic E-state index is 12.1. The maximum Gasteiger partial charge on any atom is 0.279 e. The number of nitrogens with zero attached hydrogens (tertiary/aromatic N) is 2. The molecule has 8 heteroatoms. The molecule has 0 aromatic carbocycles. The molecule has 2 N–H and O–H groups in total. The van der Waals surface area contributed by atoms with Crippen molar-refractivity contribution in [1.29, 1.82) is 0 Å². The Bertz CT molecular complexity index is 515. The Morgan fingerprint density at radius 1 is 1.63 bits per heavy atom. The SMILES string of the molecule is Cc1ncc(CNS(=O)(=O)N2CCCC(CO)C2)s1. The van der Waals surface area contributed by atoms with Crippen LogP contribution >= 0.6 is 11.3 Å². The average Bonchev–Trinajstić information content (AvgIpc) is 2.82. The number of aliphatic hydroxyl groups is 1. The summed E-state index contributed by atoms with van der Waals surface area (Å²) in [6.45, 7) is 3.12. The third kappa shape index (κ3) is 3.96. The first-order valence-corrected chi connectivity index (χ1v) is 8.54. The summed E-state index contributed by atoms with van der Waals surface area (Å²) in [5.41, 5.74) is 0. The summed E-state index contributed by atoms with van der Waals surface area (Å²) in [5.74, 6) is 0.0518. The molecule has 0 saturated carbocycles. The largest absolute Gasteiger partial charge is 0.396 e. The van der Waals surface area contributed by atoms with E-state index in [2.05, 4.69) is 9.71 Å². The van der Waals surface area contributed by atoms with E-state index in [0.29, 0.717) is 13.1 Å². The second-order valence-electron chi connectivity index (χ2n) is 4.72. The predicted octanol–water partition coefficient (Wildman–Crippen LogP) is 0.490. The zero-order valence-electron chi connectivity index (χ0n) is 10.9. The Morgan fingerprint density at radius 3 is 3.05 bits per heavy atom. The van der Waals surface area contributed by atoms with E-state index < -0.39 is 10.2 Å². The smallest absolute Gasteiger partial charge is 0.279 e. The molecule has 1 aromatic rings. The number of rotatable bonds is 5. The van der Waals surface area contributed by atoms with Crippen LogP contribution in [0, 0.1) is 12.8 Å². The number of hydrogen-bond donors (Lipinski definition) is 2. The van der Waals surface area contributed by atoms with Crippen molar-refractivity contribution in [2.75, 3.05) is 19.7 Å². The normalized spacial score (nSPS) is 21.7. The van der Waals surface area contributed by atoms with E-state index in [-0.39, 0.29) is 19.1 Å². The van der Waals surface area contributed by atoms with E-state index in [1.807, 2.05) is 6.92 Å². The van der Waals surface area contributed by atoms with Crippen molar-refractivity contribution in [1.82, 2.24) is 14.0 Å². The Morgan fingerprint density at radius 2 is 2.42 bits per heavy atom. The molecule has 2 rings (SSSR count). The topological polar surface area (TPSA) is 82.5 Å². The third-order valence-electron chi connectivity index (χ3n) is 3.18. The van der Waals surface area contributed by atoms with Crippen LogP contribution in [0.1, 0.15) is 22.7 Å². The highest BCUT2D eigenvalue weighted by Gasteiger charge is 2.28. The zero-order valence-corrected chi connectivity index (χ0v) is 12.5. The lowest BCUT2D eigenvalue weighted by Gasteiger charge is -2.30. The summed E-state index contributed by atoms with van der Waals surface area (Å²) in [4.78, 5) is 4.99. The van der Waals surface area contributed by atoms with Gasteiger partial charge in [0.05, 0.1) is 5.01 Å². The highest BCUT2D eigenvalue weighted by atomic mass is 32.2. The van der Waals surface area contributed by atoms with Gasteiger partial charge in [0.25, 0.3) is 10.2 Å². The molecule has 1 saturated heterocycles. The summed E-state index contributed by atoms with van der Waals surface area (Å²) in [6.07, 6.45) is 3.37. The molecule has 1 fully saturated rings. The van der Waals surface area contributed by atoms with Crippen molar-refractivity contribution in [3.8, 4) is 0 Å². The molecule has 2 heterocycles. The first-order valence-electron chi connectivity index (χ1n) is 6.28.